The van der Waals surface area contributed by atoms with E-state index in [-0.39, 0.29) is 0 Å². The number of anilines is 1. The van der Waals surface area contributed by atoms with Crippen LogP contribution in [0.5, 0.6) is 11.5 Å². The summed E-state index contributed by atoms with van der Waals surface area (Å²) in [6, 6.07) is 29.3. The summed E-state index contributed by atoms with van der Waals surface area (Å²) in [6.07, 6.45) is 2.69. The van der Waals surface area contributed by atoms with Crippen molar-refractivity contribution in [3.05, 3.63) is 108 Å². The average molecular weight is 571 g/mol. The summed E-state index contributed by atoms with van der Waals surface area (Å²) in [5.74, 6) is 1.56. The van der Waals surface area contributed by atoms with Crippen molar-refractivity contribution in [3.8, 4) is 22.6 Å². The fourth-order valence-electron chi connectivity index (χ4n) is 5.37. The fourth-order valence-corrected chi connectivity index (χ4v) is 6.89. The van der Waals surface area contributed by atoms with E-state index in [0.29, 0.717) is 17.1 Å². The van der Waals surface area contributed by atoms with E-state index in [1.807, 2.05) is 30.3 Å². The lowest BCUT2D eigenvalue weighted by atomic mass is 9.98. The molecule has 4 aromatic carbocycles. The molecule has 0 aromatic heterocycles. The fraction of sp³-hybridized carbons (Fsp3) is 0.294. The van der Waals surface area contributed by atoms with Crippen LogP contribution >= 0.6 is 0 Å². The minimum Gasteiger partial charge on any atom is -0.493 e. The smallest absolute Gasteiger partial charge is 0.264 e. The summed E-state index contributed by atoms with van der Waals surface area (Å²) in [5, 5.41) is 0. The predicted molar refractivity (Wildman–Crippen MR) is 165 cm³/mol. The Labute approximate surface area is 244 Å². The summed E-state index contributed by atoms with van der Waals surface area (Å²) in [4.78, 5) is 2.77. The highest BCUT2D eigenvalue weighted by atomic mass is 32.2. The lowest BCUT2D eigenvalue weighted by molar-refractivity contribution is 0.244. The van der Waals surface area contributed by atoms with Gasteiger partial charge in [0.1, 0.15) is 0 Å². The first-order valence-corrected chi connectivity index (χ1v) is 15.6. The molecule has 0 bridgehead atoms. The molecule has 0 aliphatic carbocycles. The second kappa shape index (κ2) is 12.8. The van der Waals surface area contributed by atoms with Crippen molar-refractivity contribution in [1.29, 1.82) is 0 Å². The van der Waals surface area contributed by atoms with Gasteiger partial charge < -0.3 is 9.47 Å². The summed E-state index contributed by atoms with van der Waals surface area (Å²) < 4.78 is 39.4. The SMILES string of the molecule is CCCCN(c1ccc(-c2ccc(CN3CCc4cc(OC)c(OC)cc4C3)cc2)cc1)S(=O)(=O)c1ccccc1. The monoisotopic (exact) mass is 570 g/mol. The second-order valence-corrected chi connectivity index (χ2v) is 12.3. The van der Waals surface area contributed by atoms with E-state index < -0.39 is 10.0 Å². The van der Waals surface area contributed by atoms with Crippen LogP contribution in [0.2, 0.25) is 0 Å². The lowest BCUT2D eigenvalue weighted by Gasteiger charge is -2.29. The second-order valence-electron chi connectivity index (χ2n) is 10.4. The number of hydrogen-bond acceptors (Lipinski definition) is 5. The molecule has 7 heteroatoms. The van der Waals surface area contributed by atoms with E-state index in [1.54, 1.807) is 38.5 Å². The van der Waals surface area contributed by atoms with Crippen molar-refractivity contribution in [2.75, 3.05) is 31.6 Å². The van der Waals surface area contributed by atoms with Crippen molar-refractivity contribution >= 4 is 15.7 Å². The molecule has 0 spiro atoms. The van der Waals surface area contributed by atoms with E-state index in [0.717, 1.165) is 61.5 Å². The van der Waals surface area contributed by atoms with Crippen LogP contribution in [0.15, 0.2) is 95.9 Å². The molecule has 1 aliphatic rings. The molecule has 0 amide bonds. The van der Waals surface area contributed by atoms with Gasteiger partial charge in [0, 0.05) is 26.2 Å². The Morgan fingerprint density at radius 1 is 0.805 bits per heavy atom. The van der Waals surface area contributed by atoms with E-state index >= 15 is 0 Å². The molecule has 4 aromatic rings. The van der Waals surface area contributed by atoms with Crippen molar-refractivity contribution in [2.24, 2.45) is 0 Å². The van der Waals surface area contributed by atoms with Crippen molar-refractivity contribution in [3.63, 3.8) is 0 Å². The minimum atomic E-state index is -3.63. The van der Waals surface area contributed by atoms with Gasteiger partial charge in [-0.15, -0.1) is 0 Å². The first-order valence-electron chi connectivity index (χ1n) is 14.2. The quantitative estimate of drug-likeness (QED) is 0.196. The van der Waals surface area contributed by atoms with Gasteiger partial charge in [-0.05, 0) is 77.1 Å². The third-order valence-electron chi connectivity index (χ3n) is 7.69. The Bertz CT molecular complexity index is 1550. The van der Waals surface area contributed by atoms with Crippen LogP contribution in [0, 0.1) is 0 Å². The summed E-state index contributed by atoms with van der Waals surface area (Å²) in [6.45, 7) is 5.25. The molecule has 5 rings (SSSR count). The van der Waals surface area contributed by atoms with Gasteiger partial charge in [0.2, 0.25) is 0 Å². The molecule has 0 fully saturated rings. The zero-order valence-electron chi connectivity index (χ0n) is 24.0. The number of rotatable bonds is 11. The maximum absolute atomic E-state index is 13.4. The van der Waals surface area contributed by atoms with Gasteiger partial charge in [0.15, 0.2) is 11.5 Å². The van der Waals surface area contributed by atoms with E-state index in [4.69, 9.17) is 9.47 Å². The van der Waals surface area contributed by atoms with E-state index in [9.17, 15) is 8.42 Å². The predicted octanol–water partition coefficient (Wildman–Crippen LogP) is 6.92. The highest BCUT2D eigenvalue weighted by molar-refractivity contribution is 7.92. The molecule has 214 valence electrons. The number of benzene rings is 4. The highest BCUT2D eigenvalue weighted by Crippen LogP contribution is 2.34. The van der Waals surface area contributed by atoms with Crippen LogP contribution in [0.25, 0.3) is 11.1 Å². The zero-order valence-corrected chi connectivity index (χ0v) is 24.9. The zero-order chi connectivity index (χ0) is 28.8. The molecular weight excluding hydrogens is 532 g/mol. The first kappa shape index (κ1) is 28.7. The van der Waals surface area contributed by atoms with Gasteiger partial charge in [0.25, 0.3) is 10.0 Å². The number of methoxy groups -OCH3 is 2. The van der Waals surface area contributed by atoms with Gasteiger partial charge in [0.05, 0.1) is 24.8 Å². The number of hydrogen-bond donors (Lipinski definition) is 0. The number of unbranched alkanes of at least 4 members (excludes halogenated alkanes) is 1. The molecule has 0 N–H and O–H groups in total. The van der Waals surface area contributed by atoms with Crippen LogP contribution in [0.1, 0.15) is 36.5 Å². The maximum atomic E-state index is 13.4. The standard InChI is InChI=1S/C34H38N2O4S/c1-4-5-20-36(41(37,38)32-9-7-6-8-10-32)31-17-15-28(16-18-31)27-13-11-26(12-14-27)24-35-21-19-29-22-33(39-2)34(40-3)23-30(29)25-35/h6-18,22-23H,4-5,19-21,24-25H2,1-3H3. The summed E-state index contributed by atoms with van der Waals surface area (Å²) in [5.41, 5.74) is 6.71. The van der Waals surface area contributed by atoms with Gasteiger partial charge in [-0.1, -0.05) is 67.9 Å². The summed E-state index contributed by atoms with van der Waals surface area (Å²) >= 11 is 0. The lowest BCUT2D eigenvalue weighted by Crippen LogP contribution is -2.32. The minimum absolute atomic E-state index is 0.312. The van der Waals surface area contributed by atoms with E-state index in [1.165, 1.54) is 21.0 Å². The molecule has 0 atom stereocenters. The van der Waals surface area contributed by atoms with Gasteiger partial charge >= 0.3 is 0 Å². The molecular formula is C34H38N2O4S. The molecule has 0 unspecified atom stereocenters. The van der Waals surface area contributed by atoms with Crippen LogP contribution in [-0.4, -0.2) is 40.6 Å². The largest absolute Gasteiger partial charge is 0.493 e. The Morgan fingerprint density at radius 3 is 2.02 bits per heavy atom. The third-order valence-corrected chi connectivity index (χ3v) is 9.53. The molecule has 6 nitrogen and oxygen atoms in total. The maximum Gasteiger partial charge on any atom is 0.264 e. The summed E-state index contributed by atoms with van der Waals surface area (Å²) in [7, 11) is -0.282. The van der Waals surface area contributed by atoms with Crippen LogP contribution in [0.4, 0.5) is 5.69 Å². The Balaban J connectivity index is 1.28. The highest BCUT2D eigenvalue weighted by Gasteiger charge is 2.24. The van der Waals surface area contributed by atoms with Crippen LogP contribution in [-0.2, 0) is 29.5 Å². The van der Waals surface area contributed by atoms with Crippen molar-refractivity contribution in [1.82, 2.24) is 4.90 Å². The number of ether oxygens (including phenoxy) is 2. The molecule has 0 radical (unpaired) electrons. The van der Waals surface area contributed by atoms with Gasteiger partial charge in [-0.2, -0.15) is 0 Å². The van der Waals surface area contributed by atoms with Crippen LogP contribution in [0.3, 0.4) is 0 Å². The normalized spacial score (nSPS) is 13.4. The van der Waals surface area contributed by atoms with Gasteiger partial charge in [-0.25, -0.2) is 8.42 Å². The van der Waals surface area contributed by atoms with Crippen molar-refractivity contribution in [2.45, 2.75) is 44.2 Å². The Morgan fingerprint density at radius 2 is 1.41 bits per heavy atom. The molecule has 1 aliphatic heterocycles. The Hall–Kier alpha value is -3.81. The molecule has 41 heavy (non-hydrogen) atoms. The third kappa shape index (κ3) is 6.42. The van der Waals surface area contributed by atoms with Gasteiger partial charge in [-0.3, -0.25) is 9.21 Å². The molecule has 1 heterocycles. The van der Waals surface area contributed by atoms with Crippen molar-refractivity contribution < 1.29 is 17.9 Å². The first-order chi connectivity index (χ1) is 19.9. The number of sulfonamides is 1. The van der Waals surface area contributed by atoms with Crippen LogP contribution < -0.4 is 13.8 Å². The van der Waals surface area contributed by atoms with E-state index in [2.05, 4.69) is 48.2 Å². The Kier molecular flexibility index (Phi) is 8.96. The average Bonchev–Trinajstić information content (AvgIpc) is 3.01. The molecule has 0 saturated heterocycles. The molecule has 0 saturated carbocycles. The number of fused-ring (bicyclic) bond motifs is 1. The topological polar surface area (TPSA) is 59.1 Å². The number of nitrogens with zero attached hydrogens (tertiary/aromatic N) is 2.